The molecule has 4 nitrogen and oxygen atoms in total. The van der Waals surface area contributed by atoms with Crippen LogP contribution in [0.3, 0.4) is 0 Å². The van der Waals surface area contributed by atoms with Crippen molar-refractivity contribution >= 4 is 0 Å². The zero-order valence-electron chi connectivity index (χ0n) is 11.8. The fourth-order valence-electron chi connectivity index (χ4n) is 2.08. The Balaban J connectivity index is 2.10. The number of nitrogens with zero attached hydrogens (tertiary/aromatic N) is 3. The van der Waals surface area contributed by atoms with Crippen LogP contribution in [-0.4, -0.2) is 21.5 Å². The van der Waals surface area contributed by atoms with Gasteiger partial charge in [-0.25, -0.2) is 4.68 Å². The van der Waals surface area contributed by atoms with Gasteiger partial charge in [0.1, 0.15) is 0 Å². The molecule has 0 spiro atoms. The Morgan fingerprint density at radius 2 is 1.89 bits per heavy atom. The monoisotopic (exact) mass is 258 g/mol. The van der Waals surface area contributed by atoms with Crippen molar-refractivity contribution in [1.82, 2.24) is 20.3 Å². The molecule has 0 radical (unpaired) electrons. The lowest BCUT2D eigenvalue weighted by atomic mass is 10.1. The average Bonchev–Trinajstić information content (AvgIpc) is 2.89. The molecule has 0 unspecified atom stereocenters. The zero-order chi connectivity index (χ0) is 13.5. The van der Waals surface area contributed by atoms with Crippen molar-refractivity contribution in [2.24, 2.45) is 0 Å². The number of nitrogens with one attached hydrogen (secondary N) is 1. The molecule has 0 saturated heterocycles. The lowest BCUT2D eigenvalue weighted by Gasteiger charge is -2.07. The highest BCUT2D eigenvalue weighted by Crippen LogP contribution is 2.12. The smallest absolute Gasteiger partial charge is 0.0783 e. The second-order valence-electron chi connectivity index (χ2n) is 4.73. The Labute approximate surface area is 114 Å². The summed E-state index contributed by atoms with van der Waals surface area (Å²) < 4.78 is 1.90. The number of aromatic nitrogens is 3. The quantitative estimate of drug-likeness (QED) is 0.776. The van der Waals surface area contributed by atoms with Crippen molar-refractivity contribution in [2.75, 3.05) is 6.54 Å². The average molecular weight is 258 g/mol. The number of hydrogen-bond donors (Lipinski definition) is 1. The standard InChI is InChI=1S/C15H22N4/c1-3-5-13-6-8-14(9-7-13)19-15(12-17-18-19)11-16-10-4-2/h6-9,12,16H,3-5,10-11H2,1-2H3. The molecule has 1 aromatic heterocycles. The maximum atomic E-state index is 4.17. The van der Waals surface area contributed by atoms with Crippen LogP contribution in [0.4, 0.5) is 0 Å². The van der Waals surface area contributed by atoms with E-state index in [1.807, 2.05) is 10.9 Å². The summed E-state index contributed by atoms with van der Waals surface area (Å²) in [6, 6.07) is 8.57. The molecule has 4 heteroatoms. The van der Waals surface area contributed by atoms with E-state index in [4.69, 9.17) is 0 Å². The van der Waals surface area contributed by atoms with Gasteiger partial charge < -0.3 is 5.32 Å². The molecule has 0 aliphatic rings. The molecule has 0 aliphatic carbocycles. The minimum atomic E-state index is 0.803. The molecule has 1 N–H and O–H groups in total. The van der Waals surface area contributed by atoms with Gasteiger partial charge in [0.15, 0.2) is 0 Å². The second-order valence-corrected chi connectivity index (χ2v) is 4.73. The predicted octanol–water partition coefficient (Wildman–Crippen LogP) is 2.72. The first-order valence-corrected chi connectivity index (χ1v) is 7.04. The van der Waals surface area contributed by atoms with Crippen molar-refractivity contribution < 1.29 is 0 Å². The van der Waals surface area contributed by atoms with Crippen LogP contribution >= 0.6 is 0 Å². The number of rotatable bonds is 7. The van der Waals surface area contributed by atoms with Gasteiger partial charge in [0.05, 0.1) is 17.6 Å². The Bertz CT molecular complexity index is 487. The maximum Gasteiger partial charge on any atom is 0.0783 e. The molecule has 1 heterocycles. The number of benzene rings is 1. The van der Waals surface area contributed by atoms with E-state index in [1.165, 1.54) is 12.0 Å². The van der Waals surface area contributed by atoms with Gasteiger partial charge in [-0.1, -0.05) is 37.6 Å². The van der Waals surface area contributed by atoms with E-state index in [2.05, 4.69) is 53.7 Å². The molecule has 102 valence electrons. The summed E-state index contributed by atoms with van der Waals surface area (Å²) in [5.41, 5.74) is 3.54. The van der Waals surface area contributed by atoms with E-state index >= 15 is 0 Å². The van der Waals surface area contributed by atoms with Crippen molar-refractivity contribution in [2.45, 2.75) is 39.7 Å². The lowest BCUT2D eigenvalue weighted by molar-refractivity contribution is 0.641. The lowest BCUT2D eigenvalue weighted by Crippen LogP contribution is -2.16. The molecule has 2 aromatic rings. The van der Waals surface area contributed by atoms with E-state index in [9.17, 15) is 0 Å². The van der Waals surface area contributed by atoms with Gasteiger partial charge in [-0.15, -0.1) is 5.10 Å². The third-order valence-electron chi connectivity index (χ3n) is 3.07. The van der Waals surface area contributed by atoms with E-state index in [0.29, 0.717) is 0 Å². The molecule has 1 aromatic carbocycles. The van der Waals surface area contributed by atoms with E-state index in [0.717, 1.165) is 37.3 Å². The fourth-order valence-corrected chi connectivity index (χ4v) is 2.08. The Morgan fingerprint density at radius 3 is 2.58 bits per heavy atom. The summed E-state index contributed by atoms with van der Waals surface area (Å²) in [6.45, 7) is 6.18. The van der Waals surface area contributed by atoms with Crippen LogP contribution in [0.5, 0.6) is 0 Å². The minimum Gasteiger partial charge on any atom is -0.311 e. The van der Waals surface area contributed by atoms with Crippen LogP contribution in [0.25, 0.3) is 5.69 Å². The molecule has 0 saturated carbocycles. The summed E-state index contributed by atoms with van der Waals surface area (Å²) >= 11 is 0. The molecule has 2 rings (SSSR count). The molecule has 0 aliphatic heterocycles. The largest absolute Gasteiger partial charge is 0.311 e. The summed E-state index contributed by atoms with van der Waals surface area (Å²) in [5.74, 6) is 0. The zero-order valence-corrected chi connectivity index (χ0v) is 11.8. The highest BCUT2D eigenvalue weighted by atomic mass is 15.4. The van der Waals surface area contributed by atoms with E-state index in [1.54, 1.807) is 0 Å². The van der Waals surface area contributed by atoms with Crippen molar-refractivity contribution in [3.05, 3.63) is 41.7 Å². The van der Waals surface area contributed by atoms with Crippen molar-refractivity contribution in [3.8, 4) is 5.69 Å². The van der Waals surface area contributed by atoms with E-state index < -0.39 is 0 Å². The molecule has 0 amide bonds. The van der Waals surface area contributed by atoms with Crippen LogP contribution in [0, 0.1) is 0 Å². The maximum absolute atomic E-state index is 4.17. The van der Waals surface area contributed by atoms with Crippen molar-refractivity contribution in [1.29, 1.82) is 0 Å². The van der Waals surface area contributed by atoms with Crippen molar-refractivity contribution in [3.63, 3.8) is 0 Å². The normalized spacial score (nSPS) is 10.8. The summed E-state index contributed by atoms with van der Waals surface area (Å²) in [4.78, 5) is 0. The minimum absolute atomic E-state index is 0.803. The van der Waals surface area contributed by atoms with Gasteiger partial charge >= 0.3 is 0 Å². The van der Waals surface area contributed by atoms with Gasteiger partial charge in [0.25, 0.3) is 0 Å². The predicted molar refractivity (Wildman–Crippen MR) is 77.4 cm³/mol. The van der Waals surface area contributed by atoms with E-state index in [-0.39, 0.29) is 0 Å². The Kier molecular flexibility index (Phi) is 5.10. The summed E-state index contributed by atoms with van der Waals surface area (Å²) in [7, 11) is 0. The van der Waals surface area contributed by atoms with Crippen LogP contribution in [0.2, 0.25) is 0 Å². The number of aryl methyl sites for hydroxylation is 1. The molecule has 0 atom stereocenters. The summed E-state index contributed by atoms with van der Waals surface area (Å²) in [5, 5.41) is 11.6. The topological polar surface area (TPSA) is 42.7 Å². The van der Waals surface area contributed by atoms with Crippen LogP contribution in [0.15, 0.2) is 30.5 Å². The van der Waals surface area contributed by atoms with Gasteiger partial charge in [-0.3, -0.25) is 0 Å². The van der Waals surface area contributed by atoms with Crippen LogP contribution < -0.4 is 5.32 Å². The molecule has 0 fully saturated rings. The molecular formula is C15H22N4. The molecule has 19 heavy (non-hydrogen) atoms. The number of hydrogen-bond acceptors (Lipinski definition) is 3. The SMILES string of the molecule is CCCNCc1cnnn1-c1ccc(CCC)cc1. The first-order chi connectivity index (χ1) is 9.35. The first kappa shape index (κ1) is 13.7. The third-order valence-corrected chi connectivity index (χ3v) is 3.07. The summed E-state index contributed by atoms with van der Waals surface area (Å²) in [6.07, 6.45) is 5.26. The van der Waals surface area contributed by atoms with Crippen LogP contribution in [0.1, 0.15) is 37.9 Å². The van der Waals surface area contributed by atoms with Crippen LogP contribution in [-0.2, 0) is 13.0 Å². The fraction of sp³-hybridized carbons (Fsp3) is 0.467. The Hall–Kier alpha value is -1.68. The van der Waals surface area contributed by atoms with Gasteiger partial charge in [-0.2, -0.15) is 0 Å². The molecular weight excluding hydrogens is 236 g/mol. The first-order valence-electron chi connectivity index (χ1n) is 7.04. The van der Waals surface area contributed by atoms with Gasteiger partial charge in [0.2, 0.25) is 0 Å². The van der Waals surface area contributed by atoms with Gasteiger partial charge in [-0.05, 0) is 37.1 Å². The third kappa shape index (κ3) is 3.64. The Morgan fingerprint density at radius 1 is 1.11 bits per heavy atom. The highest BCUT2D eigenvalue weighted by molar-refractivity contribution is 5.35. The second kappa shape index (κ2) is 7.04. The molecule has 0 bridgehead atoms. The highest BCUT2D eigenvalue weighted by Gasteiger charge is 2.05. The van der Waals surface area contributed by atoms with Gasteiger partial charge in [0, 0.05) is 6.54 Å².